The van der Waals surface area contributed by atoms with Gasteiger partial charge >= 0.3 is 0 Å². The lowest BCUT2D eigenvalue weighted by molar-refractivity contribution is -0.126. The number of aliphatic hydroxyl groups is 1. The summed E-state index contributed by atoms with van der Waals surface area (Å²) in [6, 6.07) is 0.157. The highest BCUT2D eigenvalue weighted by molar-refractivity contribution is 5.79. The number of amides is 1. The van der Waals surface area contributed by atoms with E-state index in [1.165, 1.54) is 12.0 Å². The van der Waals surface area contributed by atoms with Gasteiger partial charge in [-0.05, 0) is 31.2 Å². The first-order valence-corrected chi connectivity index (χ1v) is 7.70. The second kappa shape index (κ2) is 5.95. The van der Waals surface area contributed by atoms with Crippen molar-refractivity contribution in [3.63, 3.8) is 0 Å². The monoisotopic (exact) mass is 277 g/mol. The molecule has 1 heterocycles. The third kappa shape index (κ3) is 2.73. The highest BCUT2D eigenvalue weighted by atomic mass is 16.3. The van der Waals surface area contributed by atoms with E-state index in [2.05, 4.69) is 15.5 Å². The molecular weight excluding hydrogens is 254 g/mol. The van der Waals surface area contributed by atoms with Crippen molar-refractivity contribution in [2.45, 2.75) is 51.0 Å². The number of hydrogen-bond acceptors (Lipinski definition) is 3. The standard InChI is InChI=1S/C15H23N3O2/c19-9-12-3-1-2-4-13(12)17-15(20)10-5-6-11-8-16-18-14(11)7-10/h8,10,12-13,19H,1-7,9H2,(H,16,18)(H,17,20). The van der Waals surface area contributed by atoms with Crippen molar-refractivity contribution in [1.29, 1.82) is 0 Å². The summed E-state index contributed by atoms with van der Waals surface area (Å²) in [5, 5.41) is 19.6. The second-order valence-corrected chi connectivity index (χ2v) is 6.16. The lowest BCUT2D eigenvalue weighted by Crippen LogP contribution is -2.46. The Bertz CT molecular complexity index is 471. The van der Waals surface area contributed by atoms with Gasteiger partial charge in [0, 0.05) is 36.6 Å². The number of hydrogen-bond donors (Lipinski definition) is 3. The number of aromatic amines is 1. The van der Waals surface area contributed by atoms with Crippen LogP contribution in [0.15, 0.2) is 6.20 Å². The molecule has 5 heteroatoms. The van der Waals surface area contributed by atoms with E-state index >= 15 is 0 Å². The van der Waals surface area contributed by atoms with Gasteiger partial charge in [0.15, 0.2) is 0 Å². The number of fused-ring (bicyclic) bond motifs is 1. The average Bonchev–Trinajstić information content (AvgIpc) is 2.95. The number of nitrogens with one attached hydrogen (secondary N) is 2. The molecule has 2 aliphatic rings. The molecule has 110 valence electrons. The van der Waals surface area contributed by atoms with E-state index in [1.54, 1.807) is 0 Å². The SMILES string of the molecule is O=C(NC1CCCCC1CO)C1CCc2cn[nH]c2C1. The predicted octanol–water partition coefficient (Wildman–Crippen LogP) is 1.18. The van der Waals surface area contributed by atoms with Crippen molar-refractivity contribution in [1.82, 2.24) is 15.5 Å². The second-order valence-electron chi connectivity index (χ2n) is 6.16. The molecule has 3 atom stereocenters. The summed E-state index contributed by atoms with van der Waals surface area (Å²) in [5.41, 5.74) is 2.36. The number of nitrogens with zero attached hydrogens (tertiary/aromatic N) is 1. The van der Waals surface area contributed by atoms with Gasteiger partial charge < -0.3 is 10.4 Å². The molecule has 1 amide bonds. The maximum Gasteiger partial charge on any atom is 0.223 e. The fourth-order valence-corrected chi connectivity index (χ4v) is 3.55. The lowest BCUT2D eigenvalue weighted by atomic mass is 9.83. The van der Waals surface area contributed by atoms with Crippen molar-refractivity contribution in [3.05, 3.63) is 17.5 Å². The molecule has 0 saturated heterocycles. The smallest absolute Gasteiger partial charge is 0.223 e. The maximum absolute atomic E-state index is 12.4. The minimum absolute atomic E-state index is 0.0456. The Morgan fingerprint density at radius 2 is 2.25 bits per heavy atom. The summed E-state index contributed by atoms with van der Waals surface area (Å²) >= 11 is 0. The van der Waals surface area contributed by atoms with Crippen LogP contribution in [0, 0.1) is 11.8 Å². The quantitative estimate of drug-likeness (QED) is 0.776. The average molecular weight is 277 g/mol. The van der Waals surface area contributed by atoms with E-state index in [0.29, 0.717) is 0 Å². The topological polar surface area (TPSA) is 78.0 Å². The van der Waals surface area contributed by atoms with Gasteiger partial charge in [-0.15, -0.1) is 0 Å². The molecule has 0 bridgehead atoms. The van der Waals surface area contributed by atoms with Crippen LogP contribution in [0.3, 0.4) is 0 Å². The number of aryl methyl sites for hydroxylation is 1. The Balaban J connectivity index is 1.59. The molecule has 0 aliphatic heterocycles. The maximum atomic E-state index is 12.4. The molecule has 3 unspecified atom stereocenters. The molecule has 1 fully saturated rings. The molecule has 20 heavy (non-hydrogen) atoms. The van der Waals surface area contributed by atoms with Crippen LogP contribution in [0.4, 0.5) is 0 Å². The van der Waals surface area contributed by atoms with Crippen molar-refractivity contribution in [3.8, 4) is 0 Å². The van der Waals surface area contributed by atoms with Gasteiger partial charge in [0.05, 0.1) is 6.20 Å². The zero-order valence-corrected chi connectivity index (χ0v) is 11.8. The Kier molecular flexibility index (Phi) is 4.05. The van der Waals surface area contributed by atoms with Crippen LogP contribution in [0.2, 0.25) is 0 Å². The molecule has 1 aromatic rings. The zero-order valence-electron chi connectivity index (χ0n) is 11.8. The molecule has 2 aliphatic carbocycles. The van der Waals surface area contributed by atoms with Crippen LogP contribution in [-0.4, -0.2) is 33.9 Å². The van der Waals surface area contributed by atoms with Gasteiger partial charge in [-0.25, -0.2) is 0 Å². The number of rotatable bonds is 3. The van der Waals surface area contributed by atoms with E-state index in [-0.39, 0.29) is 30.4 Å². The number of aromatic nitrogens is 2. The minimum Gasteiger partial charge on any atom is -0.396 e. The fraction of sp³-hybridized carbons (Fsp3) is 0.733. The van der Waals surface area contributed by atoms with Crippen molar-refractivity contribution in [2.75, 3.05) is 6.61 Å². The summed E-state index contributed by atoms with van der Waals surface area (Å²) in [6.07, 6.45) is 8.79. The van der Waals surface area contributed by atoms with E-state index in [0.717, 1.165) is 44.2 Å². The van der Waals surface area contributed by atoms with Crippen LogP contribution in [0.25, 0.3) is 0 Å². The van der Waals surface area contributed by atoms with Crippen LogP contribution in [0.1, 0.15) is 43.4 Å². The molecule has 0 aromatic carbocycles. The Morgan fingerprint density at radius 1 is 1.40 bits per heavy atom. The highest BCUT2D eigenvalue weighted by Crippen LogP contribution is 2.27. The molecule has 0 radical (unpaired) electrons. The van der Waals surface area contributed by atoms with Crippen LogP contribution in [-0.2, 0) is 17.6 Å². The number of aliphatic hydroxyl groups excluding tert-OH is 1. The molecule has 3 rings (SSSR count). The number of carbonyl (C=O) groups excluding carboxylic acids is 1. The Hall–Kier alpha value is -1.36. The predicted molar refractivity (Wildman–Crippen MR) is 75.1 cm³/mol. The zero-order chi connectivity index (χ0) is 13.9. The largest absolute Gasteiger partial charge is 0.396 e. The van der Waals surface area contributed by atoms with Crippen molar-refractivity contribution < 1.29 is 9.90 Å². The van der Waals surface area contributed by atoms with E-state index in [9.17, 15) is 9.90 Å². The molecular formula is C15H23N3O2. The summed E-state index contributed by atoms with van der Waals surface area (Å²) in [4.78, 5) is 12.4. The minimum atomic E-state index is 0.0456. The Morgan fingerprint density at radius 3 is 3.10 bits per heavy atom. The van der Waals surface area contributed by atoms with Crippen molar-refractivity contribution >= 4 is 5.91 Å². The van der Waals surface area contributed by atoms with Gasteiger partial charge in [-0.1, -0.05) is 12.8 Å². The molecule has 5 nitrogen and oxygen atoms in total. The third-order valence-corrected chi connectivity index (χ3v) is 4.86. The first-order valence-electron chi connectivity index (χ1n) is 7.70. The normalized spacial score (nSPS) is 29.8. The van der Waals surface area contributed by atoms with Gasteiger partial charge in [0.2, 0.25) is 5.91 Å². The lowest BCUT2D eigenvalue weighted by Gasteiger charge is -2.32. The van der Waals surface area contributed by atoms with Gasteiger partial charge in [-0.2, -0.15) is 5.10 Å². The molecule has 0 spiro atoms. The summed E-state index contributed by atoms with van der Waals surface area (Å²) in [6.45, 7) is 0.181. The first kappa shape index (κ1) is 13.6. The summed E-state index contributed by atoms with van der Waals surface area (Å²) < 4.78 is 0. The van der Waals surface area contributed by atoms with Crippen molar-refractivity contribution in [2.24, 2.45) is 11.8 Å². The molecule has 1 saturated carbocycles. The van der Waals surface area contributed by atoms with Gasteiger partial charge in [0.25, 0.3) is 0 Å². The highest BCUT2D eigenvalue weighted by Gasteiger charge is 2.30. The first-order chi connectivity index (χ1) is 9.78. The van der Waals surface area contributed by atoms with Gasteiger partial charge in [0.1, 0.15) is 0 Å². The van der Waals surface area contributed by atoms with Crippen LogP contribution < -0.4 is 5.32 Å². The van der Waals surface area contributed by atoms with E-state index in [4.69, 9.17) is 0 Å². The Labute approximate surface area is 119 Å². The van der Waals surface area contributed by atoms with E-state index in [1.807, 2.05) is 6.20 Å². The fourth-order valence-electron chi connectivity index (χ4n) is 3.55. The van der Waals surface area contributed by atoms with Gasteiger partial charge in [-0.3, -0.25) is 9.89 Å². The van der Waals surface area contributed by atoms with Crippen LogP contribution in [0.5, 0.6) is 0 Å². The summed E-state index contributed by atoms with van der Waals surface area (Å²) in [5.74, 6) is 0.429. The van der Waals surface area contributed by atoms with Crippen LogP contribution >= 0.6 is 0 Å². The molecule has 3 N–H and O–H groups in total. The summed E-state index contributed by atoms with van der Waals surface area (Å²) in [7, 11) is 0. The molecule has 1 aromatic heterocycles. The number of carbonyl (C=O) groups is 1. The number of H-pyrrole nitrogens is 1. The third-order valence-electron chi connectivity index (χ3n) is 4.86. The van der Waals surface area contributed by atoms with E-state index < -0.39 is 0 Å².